The lowest BCUT2D eigenvalue weighted by atomic mass is 9.93. The molecule has 22 heavy (non-hydrogen) atoms. The first-order valence-electron chi connectivity index (χ1n) is 6.94. The van der Waals surface area contributed by atoms with Gasteiger partial charge in [0.05, 0.1) is 12.1 Å². The molecule has 2 N–H and O–H groups in total. The van der Waals surface area contributed by atoms with Crippen molar-refractivity contribution in [2.45, 2.75) is 12.1 Å². The summed E-state index contributed by atoms with van der Waals surface area (Å²) in [6.45, 7) is 0. The lowest BCUT2D eigenvalue weighted by Crippen LogP contribution is -2.32. The maximum Gasteiger partial charge on any atom is 0.192 e. The van der Waals surface area contributed by atoms with Crippen LogP contribution >= 0.6 is 16.9 Å². The summed E-state index contributed by atoms with van der Waals surface area (Å²) in [6, 6.07) is 15.5. The minimum Gasteiger partial charge on any atom is -0.311 e. The van der Waals surface area contributed by atoms with Crippen molar-refractivity contribution in [3.8, 4) is 0 Å². The highest BCUT2D eigenvalue weighted by Crippen LogP contribution is 2.28. The van der Waals surface area contributed by atoms with Crippen molar-refractivity contribution in [1.82, 2.24) is 10.6 Å². The van der Waals surface area contributed by atoms with Gasteiger partial charge in [-0.05, 0) is 49.5 Å². The smallest absolute Gasteiger partial charge is 0.192 e. The van der Waals surface area contributed by atoms with Crippen LogP contribution in [0.15, 0.2) is 48.5 Å². The van der Waals surface area contributed by atoms with Crippen LogP contribution in [0.1, 0.15) is 23.2 Å². The van der Waals surface area contributed by atoms with E-state index < -0.39 is 0 Å². The van der Waals surface area contributed by atoms with Crippen molar-refractivity contribution >= 4 is 27.5 Å². The molecule has 0 aliphatic carbocycles. The quantitative estimate of drug-likeness (QED) is 0.766. The summed E-state index contributed by atoms with van der Waals surface area (Å²) in [6.07, 6.45) is 0. The predicted octanol–water partition coefficient (Wildman–Crippen LogP) is 2.74. The number of hydrogen-bond acceptors (Lipinski definition) is 4. The first-order valence-corrected chi connectivity index (χ1v) is 8.57. The molecule has 0 amide bonds. The second kappa shape index (κ2) is 8.26. The Hall–Kier alpha value is -1.44. The average Bonchev–Trinajstić information content (AvgIpc) is 2.60. The van der Waals surface area contributed by atoms with Gasteiger partial charge in [-0.15, -0.1) is 0 Å². The fraction of sp³-hybridized carbons (Fsp3) is 0.250. The number of likely N-dealkylation sites (N-methyl/N-ethyl adjacent to an activating group) is 2. The first kappa shape index (κ1) is 16.9. The average molecular weight is 332 g/mol. The SMILES string of the molecule is CNC(c1ccc(P=O)cc1)C(NC)c1ccc(P=O)cc1. The second-order valence-electron chi connectivity index (χ2n) is 4.90. The molecule has 2 unspecified atom stereocenters. The van der Waals surface area contributed by atoms with E-state index in [1.807, 2.05) is 62.6 Å². The fourth-order valence-corrected chi connectivity index (χ4v) is 3.08. The predicted molar refractivity (Wildman–Crippen MR) is 91.0 cm³/mol. The number of hydrogen-bond donors (Lipinski definition) is 2. The molecular formula is C16H18N2O2P2. The molecule has 0 aliphatic rings. The summed E-state index contributed by atoms with van der Waals surface area (Å²) < 4.78 is 21.7. The van der Waals surface area contributed by atoms with Gasteiger partial charge in [-0.1, -0.05) is 24.3 Å². The van der Waals surface area contributed by atoms with Gasteiger partial charge in [-0.3, -0.25) is 9.13 Å². The third-order valence-corrected chi connectivity index (χ3v) is 4.69. The Balaban J connectivity index is 2.31. The van der Waals surface area contributed by atoms with E-state index in [0.29, 0.717) is 0 Å². The van der Waals surface area contributed by atoms with E-state index in [9.17, 15) is 9.13 Å². The van der Waals surface area contributed by atoms with Crippen LogP contribution in [0, 0.1) is 0 Å². The lowest BCUT2D eigenvalue weighted by molar-refractivity contribution is 0.432. The van der Waals surface area contributed by atoms with Crippen LogP contribution < -0.4 is 21.2 Å². The maximum atomic E-state index is 10.9. The summed E-state index contributed by atoms with van der Waals surface area (Å²) >= 11 is 0. The zero-order chi connectivity index (χ0) is 15.9. The molecule has 0 saturated carbocycles. The zero-order valence-corrected chi connectivity index (χ0v) is 14.3. The van der Waals surface area contributed by atoms with Crippen LogP contribution in [-0.4, -0.2) is 14.1 Å². The number of nitrogens with one attached hydrogen (secondary N) is 2. The Kier molecular flexibility index (Phi) is 6.35. The standard InChI is InChI=1S/C16H18N2O2P2/c1-17-15(11-3-7-13(21-19)8-4-11)16(18-2)12-5-9-14(22-20)10-6-12/h3-10,15-18H,1-2H3. The van der Waals surface area contributed by atoms with Gasteiger partial charge < -0.3 is 10.6 Å². The lowest BCUT2D eigenvalue weighted by Gasteiger charge is -2.27. The van der Waals surface area contributed by atoms with Crippen molar-refractivity contribution in [3.05, 3.63) is 59.7 Å². The zero-order valence-electron chi connectivity index (χ0n) is 12.5. The van der Waals surface area contributed by atoms with E-state index in [0.717, 1.165) is 21.7 Å². The Labute approximate surface area is 133 Å². The summed E-state index contributed by atoms with van der Waals surface area (Å²) in [5.41, 5.74) is 2.22. The molecule has 4 nitrogen and oxygen atoms in total. The van der Waals surface area contributed by atoms with Gasteiger partial charge in [0.15, 0.2) is 16.9 Å². The van der Waals surface area contributed by atoms with Crippen molar-refractivity contribution in [1.29, 1.82) is 0 Å². The van der Waals surface area contributed by atoms with Crippen molar-refractivity contribution in [3.63, 3.8) is 0 Å². The number of benzene rings is 2. The second-order valence-corrected chi connectivity index (χ2v) is 6.30. The third kappa shape index (κ3) is 3.85. The normalized spacial score (nSPS) is 14.1. The molecule has 0 aromatic heterocycles. The molecule has 0 spiro atoms. The Bertz CT molecular complexity index is 572. The third-order valence-electron chi connectivity index (χ3n) is 3.67. The Morgan fingerprint density at radius 2 is 1.00 bits per heavy atom. The summed E-state index contributed by atoms with van der Waals surface area (Å²) in [7, 11) is 3.90. The van der Waals surface area contributed by atoms with Crippen molar-refractivity contribution < 1.29 is 9.13 Å². The summed E-state index contributed by atoms with van der Waals surface area (Å²) in [5.74, 6) is 0. The van der Waals surface area contributed by atoms with Crippen molar-refractivity contribution in [2.24, 2.45) is 0 Å². The van der Waals surface area contributed by atoms with Crippen molar-refractivity contribution in [2.75, 3.05) is 14.1 Å². The highest BCUT2D eigenvalue weighted by Gasteiger charge is 2.22. The van der Waals surface area contributed by atoms with Crippen LogP contribution in [-0.2, 0) is 9.13 Å². The fourth-order valence-electron chi connectivity index (χ4n) is 2.54. The minimum absolute atomic E-state index is 0.0326. The monoisotopic (exact) mass is 332 g/mol. The number of rotatable bonds is 7. The highest BCUT2D eigenvalue weighted by atomic mass is 31.1. The maximum absolute atomic E-state index is 10.9. The van der Waals surface area contributed by atoms with Crippen LogP contribution in [0.2, 0.25) is 0 Å². The molecule has 114 valence electrons. The van der Waals surface area contributed by atoms with E-state index in [1.54, 1.807) is 0 Å². The molecule has 0 bridgehead atoms. The first-order chi connectivity index (χ1) is 10.7. The topological polar surface area (TPSA) is 58.2 Å². The molecule has 0 fully saturated rings. The van der Waals surface area contributed by atoms with E-state index >= 15 is 0 Å². The molecule has 2 aromatic rings. The van der Waals surface area contributed by atoms with E-state index in [4.69, 9.17) is 0 Å². The molecule has 2 rings (SSSR count). The summed E-state index contributed by atoms with van der Waals surface area (Å²) in [5, 5.41) is 8.18. The van der Waals surface area contributed by atoms with Crippen LogP contribution in [0.4, 0.5) is 0 Å². The van der Waals surface area contributed by atoms with E-state index in [1.165, 1.54) is 0 Å². The Morgan fingerprint density at radius 3 is 1.23 bits per heavy atom. The van der Waals surface area contributed by atoms with Gasteiger partial charge >= 0.3 is 0 Å². The summed E-state index contributed by atoms with van der Waals surface area (Å²) in [4.78, 5) is 0. The molecule has 0 aliphatic heterocycles. The van der Waals surface area contributed by atoms with Crippen LogP contribution in [0.25, 0.3) is 0 Å². The van der Waals surface area contributed by atoms with Gasteiger partial charge in [0.2, 0.25) is 0 Å². The Morgan fingerprint density at radius 1 is 0.682 bits per heavy atom. The molecule has 6 heteroatoms. The van der Waals surface area contributed by atoms with Crippen LogP contribution in [0.3, 0.4) is 0 Å². The van der Waals surface area contributed by atoms with Gasteiger partial charge in [0, 0.05) is 10.6 Å². The minimum atomic E-state index is 0.0326. The van der Waals surface area contributed by atoms with E-state index in [-0.39, 0.29) is 29.0 Å². The molecule has 2 atom stereocenters. The van der Waals surface area contributed by atoms with Gasteiger partial charge in [0.1, 0.15) is 0 Å². The highest BCUT2D eigenvalue weighted by molar-refractivity contribution is 7.34. The molecule has 0 radical (unpaired) electrons. The molecule has 0 saturated heterocycles. The van der Waals surface area contributed by atoms with Gasteiger partial charge in [-0.25, -0.2) is 0 Å². The molecule has 0 heterocycles. The molecule has 2 aromatic carbocycles. The van der Waals surface area contributed by atoms with Crippen LogP contribution in [0.5, 0.6) is 0 Å². The molecular weight excluding hydrogens is 314 g/mol. The van der Waals surface area contributed by atoms with E-state index in [2.05, 4.69) is 10.6 Å². The van der Waals surface area contributed by atoms with Gasteiger partial charge in [-0.2, -0.15) is 0 Å². The largest absolute Gasteiger partial charge is 0.311 e. The van der Waals surface area contributed by atoms with Gasteiger partial charge in [0.25, 0.3) is 0 Å².